The Morgan fingerprint density at radius 3 is 2.82 bits per heavy atom. The van der Waals surface area contributed by atoms with Gasteiger partial charge in [-0.05, 0) is 19.3 Å². The molecule has 2 aliphatic rings. The van der Waals surface area contributed by atoms with E-state index in [0.29, 0.717) is 38.1 Å². The van der Waals surface area contributed by atoms with Gasteiger partial charge in [-0.25, -0.2) is 8.42 Å². The fourth-order valence-corrected chi connectivity index (χ4v) is 4.53. The van der Waals surface area contributed by atoms with Crippen LogP contribution in [0.25, 0.3) is 0 Å². The van der Waals surface area contributed by atoms with Crippen LogP contribution in [0, 0.1) is 0 Å². The van der Waals surface area contributed by atoms with Gasteiger partial charge in [0.05, 0.1) is 18.4 Å². The molecule has 0 saturated carbocycles. The third kappa shape index (κ3) is 1.77. The summed E-state index contributed by atoms with van der Waals surface area (Å²) in [6.45, 7) is 0.420. The van der Waals surface area contributed by atoms with Crippen molar-refractivity contribution in [3.8, 4) is 0 Å². The van der Waals surface area contributed by atoms with Crippen LogP contribution >= 0.6 is 0 Å². The topological polar surface area (TPSA) is 85.1 Å². The molecule has 1 saturated heterocycles. The Morgan fingerprint density at radius 2 is 2.12 bits per heavy atom. The largest absolute Gasteiger partial charge is 0.391 e. The first-order chi connectivity index (χ1) is 8.08. The molecule has 7 heteroatoms. The molecular formula is C10H15N3O3S. The molecule has 1 fully saturated rings. The zero-order valence-corrected chi connectivity index (χ0v) is 10.2. The highest BCUT2D eigenvalue weighted by Crippen LogP contribution is 2.34. The molecule has 2 atom stereocenters. The number of aliphatic hydroxyl groups excluding tert-OH is 1. The van der Waals surface area contributed by atoms with Crippen molar-refractivity contribution in [1.82, 2.24) is 14.8 Å². The number of fused-ring (bicyclic) bond motifs is 1. The number of aryl methyl sites for hydroxylation is 1. The molecule has 2 unspecified atom stereocenters. The van der Waals surface area contributed by atoms with Crippen molar-refractivity contribution in [3.05, 3.63) is 11.6 Å². The summed E-state index contributed by atoms with van der Waals surface area (Å²) >= 11 is 0. The van der Waals surface area contributed by atoms with Crippen molar-refractivity contribution in [2.24, 2.45) is 0 Å². The van der Waals surface area contributed by atoms with Crippen molar-refractivity contribution in [2.45, 2.75) is 43.6 Å². The van der Waals surface area contributed by atoms with Crippen LogP contribution in [0.5, 0.6) is 0 Å². The van der Waals surface area contributed by atoms with E-state index in [9.17, 15) is 13.5 Å². The molecular weight excluding hydrogens is 242 g/mol. The maximum Gasteiger partial charge on any atom is 0.160 e. The minimum absolute atomic E-state index is 0.239. The molecule has 2 aliphatic heterocycles. The molecule has 0 spiro atoms. The highest BCUT2D eigenvalue weighted by Gasteiger charge is 2.37. The van der Waals surface area contributed by atoms with Crippen LogP contribution in [-0.2, 0) is 22.8 Å². The second kappa shape index (κ2) is 3.78. The van der Waals surface area contributed by atoms with Gasteiger partial charge >= 0.3 is 0 Å². The van der Waals surface area contributed by atoms with E-state index in [2.05, 4.69) is 10.2 Å². The summed E-state index contributed by atoms with van der Waals surface area (Å²) in [5.41, 5.74) is 0. The maximum atomic E-state index is 11.9. The summed E-state index contributed by atoms with van der Waals surface area (Å²) in [6, 6.07) is 0. The Bertz CT molecular complexity index is 537. The average Bonchev–Trinajstić information content (AvgIpc) is 2.80. The Balaban J connectivity index is 2.02. The third-order valence-electron chi connectivity index (χ3n) is 3.57. The first-order valence-electron chi connectivity index (χ1n) is 5.89. The highest BCUT2D eigenvalue weighted by atomic mass is 32.2. The summed E-state index contributed by atoms with van der Waals surface area (Å²) in [7, 11) is -3.07. The van der Waals surface area contributed by atoms with Gasteiger partial charge in [0.15, 0.2) is 15.7 Å². The third-order valence-corrected chi connectivity index (χ3v) is 5.74. The lowest BCUT2D eigenvalue weighted by Crippen LogP contribution is -2.27. The van der Waals surface area contributed by atoms with Gasteiger partial charge in [-0.3, -0.25) is 0 Å². The molecule has 3 heterocycles. The van der Waals surface area contributed by atoms with Gasteiger partial charge in [-0.15, -0.1) is 10.2 Å². The van der Waals surface area contributed by atoms with Crippen molar-refractivity contribution in [2.75, 3.05) is 5.75 Å². The number of hydrogen-bond acceptors (Lipinski definition) is 5. The molecule has 94 valence electrons. The molecule has 0 radical (unpaired) electrons. The van der Waals surface area contributed by atoms with E-state index in [1.54, 1.807) is 4.57 Å². The van der Waals surface area contributed by atoms with Crippen LogP contribution < -0.4 is 0 Å². The predicted molar refractivity (Wildman–Crippen MR) is 60.1 cm³/mol. The lowest BCUT2D eigenvalue weighted by molar-refractivity contribution is 0.129. The monoisotopic (exact) mass is 257 g/mol. The van der Waals surface area contributed by atoms with Crippen molar-refractivity contribution >= 4 is 9.84 Å². The van der Waals surface area contributed by atoms with E-state index in [-0.39, 0.29) is 5.75 Å². The Kier molecular flexibility index (Phi) is 2.48. The number of hydrogen-bond donors (Lipinski definition) is 1. The standard InChI is InChI=1S/C10H15N3O3S/c14-7-3-4-9-11-12-10(13(9)6-7)8-2-1-5-17(8,15)16/h7-8,14H,1-6H2. The molecule has 0 aliphatic carbocycles. The normalized spacial score (nSPS) is 31.4. The van der Waals surface area contributed by atoms with E-state index < -0.39 is 21.2 Å². The molecule has 17 heavy (non-hydrogen) atoms. The summed E-state index contributed by atoms with van der Waals surface area (Å²) in [6.07, 6.45) is 2.24. The molecule has 0 aromatic carbocycles. The highest BCUT2D eigenvalue weighted by molar-refractivity contribution is 7.91. The van der Waals surface area contributed by atoms with Crippen LogP contribution in [0.4, 0.5) is 0 Å². The zero-order valence-electron chi connectivity index (χ0n) is 9.41. The van der Waals surface area contributed by atoms with Crippen LogP contribution in [0.1, 0.15) is 36.2 Å². The van der Waals surface area contributed by atoms with Gasteiger partial charge in [0, 0.05) is 6.42 Å². The van der Waals surface area contributed by atoms with Crippen molar-refractivity contribution in [3.63, 3.8) is 0 Å². The van der Waals surface area contributed by atoms with Gasteiger partial charge in [-0.1, -0.05) is 0 Å². The van der Waals surface area contributed by atoms with Crippen LogP contribution in [0.15, 0.2) is 0 Å². The van der Waals surface area contributed by atoms with E-state index in [4.69, 9.17) is 0 Å². The summed E-state index contributed by atoms with van der Waals surface area (Å²) < 4.78 is 25.6. The quantitative estimate of drug-likeness (QED) is 0.755. The van der Waals surface area contributed by atoms with Gasteiger partial charge in [0.25, 0.3) is 0 Å². The van der Waals surface area contributed by atoms with Gasteiger partial charge in [0.2, 0.25) is 0 Å². The molecule has 0 amide bonds. The average molecular weight is 257 g/mol. The van der Waals surface area contributed by atoms with Gasteiger partial charge in [0.1, 0.15) is 11.1 Å². The Morgan fingerprint density at radius 1 is 1.29 bits per heavy atom. The minimum atomic E-state index is -3.07. The first kappa shape index (κ1) is 11.2. The zero-order chi connectivity index (χ0) is 12.0. The van der Waals surface area contributed by atoms with E-state index in [0.717, 1.165) is 5.82 Å². The maximum absolute atomic E-state index is 11.9. The van der Waals surface area contributed by atoms with E-state index >= 15 is 0 Å². The summed E-state index contributed by atoms with van der Waals surface area (Å²) in [5, 5.41) is 17.2. The number of sulfone groups is 1. The number of rotatable bonds is 1. The molecule has 6 nitrogen and oxygen atoms in total. The minimum Gasteiger partial charge on any atom is -0.391 e. The predicted octanol–water partition coefficient (Wildman–Crippen LogP) is -0.165. The van der Waals surface area contributed by atoms with Crippen LogP contribution in [0.2, 0.25) is 0 Å². The second-order valence-corrected chi connectivity index (χ2v) is 7.08. The van der Waals surface area contributed by atoms with E-state index in [1.165, 1.54) is 0 Å². The lowest BCUT2D eigenvalue weighted by atomic mass is 10.1. The fraction of sp³-hybridized carbons (Fsp3) is 0.800. The SMILES string of the molecule is O=S1(=O)CCCC1c1nnc2n1CC(O)CC2. The van der Waals surface area contributed by atoms with E-state index in [1.807, 2.05) is 0 Å². The fourth-order valence-electron chi connectivity index (χ4n) is 2.65. The van der Waals surface area contributed by atoms with Crippen LogP contribution in [0.3, 0.4) is 0 Å². The lowest BCUT2D eigenvalue weighted by Gasteiger charge is -2.21. The van der Waals surface area contributed by atoms with Gasteiger partial charge < -0.3 is 9.67 Å². The van der Waals surface area contributed by atoms with Crippen molar-refractivity contribution in [1.29, 1.82) is 0 Å². The molecule has 3 rings (SSSR count). The summed E-state index contributed by atoms with van der Waals surface area (Å²) in [5.74, 6) is 1.56. The van der Waals surface area contributed by atoms with Crippen molar-refractivity contribution < 1.29 is 13.5 Å². The Labute approximate surface area is 99.6 Å². The molecule has 0 bridgehead atoms. The van der Waals surface area contributed by atoms with Gasteiger partial charge in [-0.2, -0.15) is 0 Å². The number of nitrogens with zero attached hydrogens (tertiary/aromatic N) is 3. The second-order valence-electron chi connectivity index (χ2n) is 4.78. The first-order valence-corrected chi connectivity index (χ1v) is 7.61. The smallest absolute Gasteiger partial charge is 0.160 e. The summed E-state index contributed by atoms with van der Waals surface area (Å²) in [4.78, 5) is 0. The molecule has 1 N–H and O–H groups in total. The molecule has 1 aromatic heterocycles. The Hall–Kier alpha value is -0.950. The number of aliphatic hydroxyl groups is 1. The molecule has 1 aromatic rings. The number of aromatic nitrogens is 3. The van der Waals surface area contributed by atoms with Crippen LogP contribution in [-0.4, -0.2) is 40.1 Å².